The van der Waals surface area contributed by atoms with E-state index < -0.39 is 0 Å². The minimum atomic E-state index is 0.150. The summed E-state index contributed by atoms with van der Waals surface area (Å²) in [7, 11) is 2.05. The minimum Gasteiger partial charge on any atom is -0.369 e. The van der Waals surface area contributed by atoms with E-state index in [9.17, 15) is 4.79 Å². The Bertz CT molecular complexity index is 1310. The number of unbranched alkanes of at least 4 members (excludes halogenated alkanes) is 1. The van der Waals surface area contributed by atoms with Crippen molar-refractivity contribution >= 4 is 17.3 Å². The van der Waals surface area contributed by atoms with Crippen molar-refractivity contribution in [3.8, 4) is 0 Å². The summed E-state index contributed by atoms with van der Waals surface area (Å²) in [6.45, 7) is 18.3. The van der Waals surface area contributed by atoms with Gasteiger partial charge in [-0.1, -0.05) is 63.1 Å². The second-order valence-corrected chi connectivity index (χ2v) is 12.3. The van der Waals surface area contributed by atoms with Crippen molar-refractivity contribution in [1.82, 2.24) is 14.4 Å². The van der Waals surface area contributed by atoms with Crippen LogP contribution in [0.3, 0.4) is 0 Å². The fraction of sp³-hybridized carbons (Fsp3) is 0.500. The maximum atomic E-state index is 13.8. The van der Waals surface area contributed by atoms with Crippen molar-refractivity contribution < 1.29 is 4.79 Å². The molecule has 1 amide bonds. The smallest absolute Gasteiger partial charge is 0.270 e. The van der Waals surface area contributed by atoms with Gasteiger partial charge >= 0.3 is 0 Å². The molecule has 2 fully saturated rings. The highest BCUT2D eigenvalue weighted by atomic mass is 16.2. The van der Waals surface area contributed by atoms with Crippen LogP contribution in [0, 0.1) is 13.8 Å². The van der Waals surface area contributed by atoms with Gasteiger partial charge in [-0.2, -0.15) is 0 Å². The van der Waals surface area contributed by atoms with Crippen molar-refractivity contribution in [1.29, 1.82) is 0 Å². The fourth-order valence-corrected chi connectivity index (χ4v) is 6.82. The predicted octanol–water partition coefficient (Wildman–Crippen LogP) is 6.50. The lowest BCUT2D eigenvalue weighted by molar-refractivity contribution is 0.0664. The minimum absolute atomic E-state index is 0.150. The standard InChI is InChI=1S/C36H50N5O/c1-6-8-14-30(7-2)33-17-12-13-18-34(33)39-21-19-38(20-22-39)27-31-25-35(37(5)29(31)4)36(42)41-24-23-40(26-28(41)3)32-15-10-9-11-16-32/h9-13,15-18,25,28,30H,2,6-8,14,19-24,26-27H2,1,3-5H3. The highest BCUT2D eigenvalue weighted by molar-refractivity contribution is 5.93. The van der Waals surface area contributed by atoms with E-state index in [1.54, 1.807) is 0 Å². The van der Waals surface area contributed by atoms with Gasteiger partial charge in [0.15, 0.2) is 0 Å². The number of carbonyl (C=O) groups excluding carboxylic acids is 1. The summed E-state index contributed by atoms with van der Waals surface area (Å²) in [5.74, 6) is 0.683. The number of amides is 1. The van der Waals surface area contributed by atoms with Gasteiger partial charge in [0, 0.05) is 82.5 Å². The molecule has 3 aromatic rings. The number of anilines is 2. The Morgan fingerprint density at radius 1 is 0.952 bits per heavy atom. The number of rotatable bonds is 10. The van der Waals surface area contributed by atoms with Crippen LogP contribution < -0.4 is 9.80 Å². The number of hydrogen-bond donors (Lipinski definition) is 0. The van der Waals surface area contributed by atoms with Crippen LogP contribution in [-0.4, -0.2) is 72.1 Å². The van der Waals surface area contributed by atoms with Gasteiger partial charge in [0.2, 0.25) is 0 Å². The maximum Gasteiger partial charge on any atom is 0.270 e. The van der Waals surface area contributed by atoms with E-state index in [2.05, 4.69) is 113 Å². The highest BCUT2D eigenvalue weighted by Gasteiger charge is 2.31. The molecule has 2 aromatic carbocycles. The number of piperazine rings is 2. The monoisotopic (exact) mass is 568 g/mol. The Morgan fingerprint density at radius 3 is 2.33 bits per heavy atom. The molecule has 2 atom stereocenters. The summed E-state index contributed by atoms with van der Waals surface area (Å²) in [5, 5.41) is 0. The number of hydrogen-bond acceptors (Lipinski definition) is 4. The molecule has 3 heterocycles. The molecule has 5 rings (SSSR count). The van der Waals surface area contributed by atoms with Crippen LogP contribution in [0.2, 0.25) is 0 Å². The summed E-state index contributed by atoms with van der Waals surface area (Å²) < 4.78 is 2.11. The molecular weight excluding hydrogens is 518 g/mol. The summed E-state index contributed by atoms with van der Waals surface area (Å²) in [4.78, 5) is 23.3. The van der Waals surface area contributed by atoms with Gasteiger partial charge in [-0.3, -0.25) is 9.69 Å². The Hall–Kier alpha value is -3.25. The van der Waals surface area contributed by atoms with E-state index in [1.165, 1.54) is 47.5 Å². The van der Waals surface area contributed by atoms with Gasteiger partial charge in [0.25, 0.3) is 5.91 Å². The van der Waals surface area contributed by atoms with Crippen LogP contribution in [0.1, 0.15) is 72.8 Å². The fourth-order valence-electron chi connectivity index (χ4n) is 6.82. The summed E-state index contributed by atoms with van der Waals surface area (Å²) >= 11 is 0. The van der Waals surface area contributed by atoms with Crippen molar-refractivity contribution in [2.24, 2.45) is 7.05 Å². The molecule has 2 unspecified atom stereocenters. The number of para-hydroxylation sites is 2. The lowest BCUT2D eigenvalue weighted by Crippen LogP contribution is -2.54. The first-order valence-electron chi connectivity index (χ1n) is 16.0. The molecule has 0 saturated carbocycles. The third-order valence-electron chi connectivity index (χ3n) is 9.61. The Kier molecular flexibility index (Phi) is 9.94. The van der Waals surface area contributed by atoms with E-state index in [0.29, 0.717) is 5.92 Å². The van der Waals surface area contributed by atoms with Crippen LogP contribution in [-0.2, 0) is 13.6 Å². The molecule has 6 heteroatoms. The Labute approximate surface area is 253 Å². The SMILES string of the molecule is [CH2]CC(CCCC)c1ccccc1N1CCN(Cc2cc(C(=O)N3CCN(c4ccccc4)CC3C)n(C)c2C)CC1. The molecule has 0 spiro atoms. The molecule has 225 valence electrons. The van der Waals surface area contributed by atoms with Gasteiger partial charge in [-0.05, 0) is 68.0 Å². The molecule has 1 radical (unpaired) electrons. The molecule has 2 aliphatic rings. The van der Waals surface area contributed by atoms with Gasteiger partial charge in [0.1, 0.15) is 5.69 Å². The molecule has 0 aliphatic carbocycles. The van der Waals surface area contributed by atoms with E-state index in [-0.39, 0.29) is 11.9 Å². The van der Waals surface area contributed by atoms with E-state index >= 15 is 0 Å². The quantitative estimate of drug-likeness (QED) is 0.280. The number of carbonyl (C=O) groups is 1. The van der Waals surface area contributed by atoms with Gasteiger partial charge in [-0.25, -0.2) is 0 Å². The normalized spacial score (nSPS) is 18.9. The van der Waals surface area contributed by atoms with Crippen LogP contribution >= 0.6 is 0 Å². The largest absolute Gasteiger partial charge is 0.369 e. The molecule has 2 aliphatic heterocycles. The first-order chi connectivity index (χ1) is 20.4. The molecule has 0 bridgehead atoms. The zero-order valence-corrected chi connectivity index (χ0v) is 26.3. The molecule has 6 nitrogen and oxygen atoms in total. The van der Waals surface area contributed by atoms with Crippen molar-refractivity contribution in [2.75, 3.05) is 55.6 Å². The van der Waals surface area contributed by atoms with Crippen molar-refractivity contribution in [2.45, 2.75) is 65.0 Å². The van der Waals surface area contributed by atoms with Crippen molar-refractivity contribution in [3.63, 3.8) is 0 Å². The topological polar surface area (TPSA) is 35.0 Å². The maximum absolute atomic E-state index is 13.8. The van der Waals surface area contributed by atoms with Gasteiger partial charge in [-0.15, -0.1) is 0 Å². The second-order valence-electron chi connectivity index (χ2n) is 12.3. The van der Waals surface area contributed by atoms with Crippen LogP contribution in [0.15, 0.2) is 60.7 Å². The van der Waals surface area contributed by atoms with Crippen molar-refractivity contribution in [3.05, 3.63) is 90.1 Å². The number of nitrogens with zero attached hydrogens (tertiary/aromatic N) is 5. The summed E-state index contributed by atoms with van der Waals surface area (Å²) in [6, 6.07) is 21.8. The third kappa shape index (κ3) is 6.54. The van der Waals surface area contributed by atoms with Crippen LogP contribution in [0.5, 0.6) is 0 Å². The van der Waals surface area contributed by atoms with E-state index in [0.717, 1.165) is 64.5 Å². The van der Waals surface area contributed by atoms with Crippen LogP contribution in [0.4, 0.5) is 11.4 Å². The molecule has 0 N–H and O–H groups in total. The Balaban J connectivity index is 1.21. The van der Waals surface area contributed by atoms with E-state index in [1.807, 2.05) is 7.05 Å². The molecule has 1 aromatic heterocycles. The lowest BCUT2D eigenvalue weighted by atomic mass is 9.89. The lowest BCUT2D eigenvalue weighted by Gasteiger charge is -2.41. The van der Waals surface area contributed by atoms with E-state index in [4.69, 9.17) is 0 Å². The van der Waals surface area contributed by atoms with Gasteiger partial charge < -0.3 is 19.3 Å². The molecular formula is C36H50N5O. The summed E-state index contributed by atoms with van der Waals surface area (Å²) in [6.07, 6.45) is 4.65. The number of aromatic nitrogens is 1. The average molecular weight is 569 g/mol. The van der Waals surface area contributed by atoms with Gasteiger partial charge in [0.05, 0.1) is 0 Å². The number of benzene rings is 2. The van der Waals surface area contributed by atoms with Crippen LogP contribution in [0.25, 0.3) is 0 Å². The zero-order valence-electron chi connectivity index (χ0n) is 26.3. The summed E-state index contributed by atoms with van der Waals surface area (Å²) in [5.41, 5.74) is 7.36. The average Bonchev–Trinajstić information content (AvgIpc) is 3.30. The highest BCUT2D eigenvalue weighted by Crippen LogP contribution is 2.34. The molecule has 42 heavy (non-hydrogen) atoms. The first kappa shape index (κ1) is 30.2. The molecule has 2 saturated heterocycles. The first-order valence-corrected chi connectivity index (χ1v) is 16.0. The Morgan fingerprint density at radius 2 is 1.64 bits per heavy atom. The second kappa shape index (κ2) is 13.8. The zero-order chi connectivity index (χ0) is 29.6. The predicted molar refractivity (Wildman–Crippen MR) is 175 cm³/mol. The third-order valence-corrected chi connectivity index (χ3v) is 9.61.